The number of hydrogen-bond acceptors (Lipinski definition) is 8. The SMILES string of the molecule is CC/C=C\C/C=C\C/C=C\C/C=C\C/C=C\C/C=C\C/C=C\C/C=C\C/C=C\C/C=C\CCCCCCCCC(=O)OC(COC(=O)CCCCCCCCC)COP(=O)(O)OCCN. The van der Waals surface area contributed by atoms with Crippen LogP contribution in [0.2, 0.25) is 0 Å². The summed E-state index contributed by atoms with van der Waals surface area (Å²) in [6.45, 7) is 3.52. The topological polar surface area (TPSA) is 134 Å². The standard InChI is InChI=1S/C55H90NO8P/c1-3-5-7-9-11-12-13-14-15-16-17-18-19-20-21-22-23-24-25-26-27-28-29-30-31-32-33-34-35-36-37-38-39-40-42-44-46-48-55(58)64-53(52-63-65(59,60)62-50-49-56)51-61-54(57)47-45-43-41-10-8-6-4-2/h5,7,11-12,14-15,17-18,20-21,23-24,26-27,29-30,32-33,35-36,53H,3-4,6,8-10,13,16,19,22,25,28,31,34,37-52,56H2,1-2H3,(H,59,60)/b7-5-,12-11-,15-14-,18-17-,21-20-,24-23-,27-26-,30-29-,33-32-,36-35-. The van der Waals surface area contributed by atoms with Crippen molar-refractivity contribution in [2.45, 2.75) is 187 Å². The van der Waals surface area contributed by atoms with E-state index in [2.05, 4.69) is 135 Å². The van der Waals surface area contributed by atoms with Crippen LogP contribution < -0.4 is 5.73 Å². The molecule has 65 heavy (non-hydrogen) atoms. The number of phosphoric acid groups is 1. The maximum Gasteiger partial charge on any atom is 0.472 e. The molecule has 0 aromatic heterocycles. The summed E-state index contributed by atoms with van der Waals surface area (Å²) in [6, 6.07) is 0. The molecule has 2 atom stereocenters. The van der Waals surface area contributed by atoms with Crippen LogP contribution in [0, 0.1) is 0 Å². The van der Waals surface area contributed by atoms with Crippen LogP contribution >= 0.6 is 7.82 Å². The highest BCUT2D eigenvalue weighted by atomic mass is 31.2. The van der Waals surface area contributed by atoms with E-state index in [4.69, 9.17) is 24.3 Å². The van der Waals surface area contributed by atoms with E-state index in [1.807, 2.05) is 0 Å². The lowest BCUT2D eigenvalue weighted by Crippen LogP contribution is -2.29. The minimum atomic E-state index is -4.38. The van der Waals surface area contributed by atoms with Crippen molar-refractivity contribution < 1.29 is 37.6 Å². The van der Waals surface area contributed by atoms with Gasteiger partial charge in [0.15, 0.2) is 6.10 Å². The first-order valence-electron chi connectivity index (χ1n) is 25.0. The van der Waals surface area contributed by atoms with Gasteiger partial charge in [-0.2, -0.15) is 0 Å². The molecule has 0 aromatic carbocycles. The summed E-state index contributed by atoms with van der Waals surface area (Å²) in [5, 5.41) is 0. The van der Waals surface area contributed by atoms with Gasteiger partial charge in [0.05, 0.1) is 13.2 Å². The second-order valence-electron chi connectivity index (χ2n) is 16.0. The second-order valence-corrected chi connectivity index (χ2v) is 17.4. The zero-order valence-electron chi connectivity index (χ0n) is 40.7. The van der Waals surface area contributed by atoms with Crippen molar-refractivity contribution in [3.05, 3.63) is 122 Å². The van der Waals surface area contributed by atoms with E-state index in [1.165, 1.54) is 19.3 Å². The van der Waals surface area contributed by atoms with Gasteiger partial charge in [0.2, 0.25) is 0 Å². The number of nitrogens with two attached hydrogens (primary N) is 1. The van der Waals surface area contributed by atoms with Crippen molar-refractivity contribution >= 4 is 19.8 Å². The van der Waals surface area contributed by atoms with Crippen molar-refractivity contribution in [2.24, 2.45) is 5.73 Å². The number of ether oxygens (including phenoxy) is 2. The number of carbonyl (C=O) groups excluding carboxylic acids is 2. The summed E-state index contributed by atoms with van der Waals surface area (Å²) in [6.07, 6.45) is 68.5. The molecule has 0 spiro atoms. The van der Waals surface area contributed by atoms with Gasteiger partial charge in [0.25, 0.3) is 0 Å². The highest BCUT2D eigenvalue weighted by Gasteiger charge is 2.26. The Hall–Kier alpha value is -3.59. The number of esters is 2. The molecule has 0 rings (SSSR count). The average molecular weight is 924 g/mol. The molecule has 0 heterocycles. The van der Waals surface area contributed by atoms with E-state index in [1.54, 1.807) is 0 Å². The molecular weight excluding hydrogens is 834 g/mol. The minimum Gasteiger partial charge on any atom is -0.462 e. The van der Waals surface area contributed by atoms with Crippen molar-refractivity contribution in [3.8, 4) is 0 Å². The Balaban J connectivity index is 3.99. The summed E-state index contributed by atoms with van der Waals surface area (Å²) in [4.78, 5) is 34.7. The fraction of sp³-hybridized carbons (Fsp3) is 0.600. The van der Waals surface area contributed by atoms with Crippen molar-refractivity contribution in [3.63, 3.8) is 0 Å². The van der Waals surface area contributed by atoms with Gasteiger partial charge in [-0.3, -0.25) is 18.6 Å². The van der Waals surface area contributed by atoms with E-state index < -0.39 is 32.5 Å². The van der Waals surface area contributed by atoms with Crippen LogP contribution in [-0.2, 0) is 32.7 Å². The Labute approximate surface area is 396 Å². The largest absolute Gasteiger partial charge is 0.472 e. The summed E-state index contributed by atoms with van der Waals surface area (Å²) in [7, 11) is -4.38. The highest BCUT2D eigenvalue weighted by molar-refractivity contribution is 7.47. The van der Waals surface area contributed by atoms with Crippen LogP contribution in [-0.4, -0.2) is 49.3 Å². The predicted octanol–water partition coefficient (Wildman–Crippen LogP) is 15.3. The quantitative estimate of drug-likeness (QED) is 0.0265. The van der Waals surface area contributed by atoms with Gasteiger partial charge in [-0.05, 0) is 89.9 Å². The molecule has 9 nitrogen and oxygen atoms in total. The Kier molecular flexibility index (Phi) is 47.1. The molecule has 10 heteroatoms. The molecule has 0 radical (unpaired) electrons. The molecule has 0 amide bonds. The van der Waals surface area contributed by atoms with Crippen LogP contribution in [0.3, 0.4) is 0 Å². The number of hydrogen-bond donors (Lipinski definition) is 2. The van der Waals surface area contributed by atoms with Crippen LogP contribution in [0.1, 0.15) is 181 Å². The number of allylic oxidation sites excluding steroid dienone is 20. The molecule has 0 aliphatic heterocycles. The molecule has 0 saturated carbocycles. The molecule has 368 valence electrons. The lowest BCUT2D eigenvalue weighted by atomic mass is 10.1. The fourth-order valence-electron chi connectivity index (χ4n) is 6.19. The lowest BCUT2D eigenvalue weighted by Gasteiger charge is -2.19. The van der Waals surface area contributed by atoms with Gasteiger partial charge >= 0.3 is 19.8 Å². The Morgan fingerprint density at radius 3 is 1.26 bits per heavy atom. The summed E-state index contributed by atoms with van der Waals surface area (Å²) in [5.41, 5.74) is 5.34. The van der Waals surface area contributed by atoms with E-state index in [9.17, 15) is 19.0 Å². The van der Waals surface area contributed by atoms with Gasteiger partial charge in [-0.15, -0.1) is 0 Å². The molecule has 0 saturated heterocycles. The summed E-state index contributed by atoms with van der Waals surface area (Å²) < 4.78 is 32.7. The zero-order chi connectivity index (χ0) is 47.4. The molecule has 0 aliphatic carbocycles. The Bertz CT molecular complexity index is 1470. The van der Waals surface area contributed by atoms with Crippen LogP contribution in [0.4, 0.5) is 0 Å². The third kappa shape index (κ3) is 49.7. The number of unbranched alkanes of at least 4 members (excludes halogenated alkanes) is 12. The van der Waals surface area contributed by atoms with Crippen LogP contribution in [0.5, 0.6) is 0 Å². The number of phosphoric ester groups is 1. The smallest absolute Gasteiger partial charge is 0.462 e. The van der Waals surface area contributed by atoms with Gasteiger partial charge in [-0.1, -0.05) is 200 Å². The lowest BCUT2D eigenvalue weighted by molar-refractivity contribution is -0.161. The van der Waals surface area contributed by atoms with Crippen molar-refractivity contribution in [1.82, 2.24) is 0 Å². The van der Waals surface area contributed by atoms with Gasteiger partial charge in [-0.25, -0.2) is 4.57 Å². The van der Waals surface area contributed by atoms with Crippen LogP contribution in [0.25, 0.3) is 0 Å². The fourth-order valence-corrected chi connectivity index (χ4v) is 6.96. The minimum absolute atomic E-state index is 0.0454. The van der Waals surface area contributed by atoms with Crippen LogP contribution in [0.15, 0.2) is 122 Å². The van der Waals surface area contributed by atoms with Crippen molar-refractivity contribution in [2.75, 3.05) is 26.4 Å². The summed E-state index contributed by atoms with van der Waals surface area (Å²) >= 11 is 0. The third-order valence-electron chi connectivity index (χ3n) is 9.86. The number of carbonyl (C=O) groups is 2. The first-order chi connectivity index (χ1) is 31.8. The molecule has 2 unspecified atom stereocenters. The van der Waals surface area contributed by atoms with Gasteiger partial charge < -0.3 is 20.1 Å². The molecule has 0 bridgehead atoms. The second kappa shape index (κ2) is 49.8. The molecule has 0 aromatic rings. The Morgan fingerprint density at radius 1 is 0.477 bits per heavy atom. The van der Waals surface area contributed by atoms with E-state index >= 15 is 0 Å². The van der Waals surface area contributed by atoms with E-state index in [0.29, 0.717) is 6.42 Å². The predicted molar refractivity (Wildman–Crippen MR) is 274 cm³/mol. The normalized spacial score (nSPS) is 14.2. The monoisotopic (exact) mass is 924 g/mol. The van der Waals surface area contributed by atoms with E-state index in [-0.39, 0.29) is 32.6 Å². The molecule has 0 fully saturated rings. The average Bonchev–Trinajstić information content (AvgIpc) is 3.30. The zero-order valence-corrected chi connectivity index (χ0v) is 41.6. The molecule has 3 N–H and O–H groups in total. The summed E-state index contributed by atoms with van der Waals surface area (Å²) in [5.74, 6) is -0.862. The number of rotatable bonds is 45. The first kappa shape index (κ1) is 61.4. The van der Waals surface area contributed by atoms with Gasteiger partial charge in [0.1, 0.15) is 6.61 Å². The van der Waals surface area contributed by atoms with E-state index in [0.717, 1.165) is 128 Å². The first-order valence-corrected chi connectivity index (χ1v) is 26.5. The molecular formula is C55H90NO8P. The Morgan fingerprint density at radius 2 is 0.846 bits per heavy atom. The maximum atomic E-state index is 12.6. The maximum absolute atomic E-state index is 12.6. The van der Waals surface area contributed by atoms with Crippen molar-refractivity contribution in [1.29, 1.82) is 0 Å². The molecule has 0 aliphatic rings. The third-order valence-corrected chi connectivity index (χ3v) is 10.8. The van der Waals surface area contributed by atoms with Gasteiger partial charge in [0, 0.05) is 19.4 Å². The highest BCUT2D eigenvalue weighted by Crippen LogP contribution is 2.43.